The minimum Gasteiger partial charge on any atom is -0.339 e. The lowest BCUT2D eigenvalue weighted by Crippen LogP contribution is -2.48. The fraction of sp³-hybridized carbons (Fsp3) is 0.316. The second kappa shape index (κ2) is 9.27. The first kappa shape index (κ1) is 20.4. The van der Waals surface area contributed by atoms with Crippen LogP contribution in [0.25, 0.3) is 11.4 Å². The normalized spacial score (nSPS) is 16.6. The highest BCUT2D eigenvalue weighted by molar-refractivity contribution is 7.08. The molecule has 0 aliphatic carbocycles. The molecule has 1 unspecified atom stereocenters. The van der Waals surface area contributed by atoms with Crippen LogP contribution in [-0.4, -0.2) is 40.6 Å². The van der Waals surface area contributed by atoms with Crippen molar-refractivity contribution in [1.29, 1.82) is 0 Å². The number of thiophene rings is 1. The molecule has 1 aliphatic heterocycles. The van der Waals surface area contributed by atoms with Crippen molar-refractivity contribution in [3.63, 3.8) is 0 Å². The van der Waals surface area contributed by atoms with Crippen molar-refractivity contribution in [3.8, 4) is 11.4 Å². The van der Waals surface area contributed by atoms with Crippen molar-refractivity contribution in [2.45, 2.75) is 18.9 Å². The summed E-state index contributed by atoms with van der Waals surface area (Å²) >= 11 is 1.56. The number of hydrogen-bond acceptors (Lipinski definition) is 6. The van der Waals surface area contributed by atoms with E-state index in [1.54, 1.807) is 22.3 Å². The SMILES string of the molecule is Cl.O=C(CCc1nc(-c2ccsc2)no1)N1CCNCC1c1cccc(F)c1. The first-order chi connectivity index (χ1) is 13.2. The smallest absolute Gasteiger partial charge is 0.227 e. The zero-order valence-electron chi connectivity index (χ0n) is 15.0. The Morgan fingerprint density at radius 2 is 2.29 bits per heavy atom. The zero-order chi connectivity index (χ0) is 18.6. The second-order valence-electron chi connectivity index (χ2n) is 6.39. The summed E-state index contributed by atoms with van der Waals surface area (Å²) in [7, 11) is 0. The third kappa shape index (κ3) is 4.57. The van der Waals surface area contributed by atoms with Crippen LogP contribution in [0.15, 0.2) is 45.6 Å². The molecular formula is C19H20ClFN4O2S. The molecule has 0 bridgehead atoms. The van der Waals surface area contributed by atoms with E-state index in [2.05, 4.69) is 15.5 Å². The van der Waals surface area contributed by atoms with E-state index in [0.29, 0.717) is 31.2 Å². The maximum Gasteiger partial charge on any atom is 0.227 e. The van der Waals surface area contributed by atoms with Crippen molar-refractivity contribution in [3.05, 3.63) is 58.4 Å². The number of rotatable bonds is 5. The average Bonchev–Trinajstić information content (AvgIpc) is 3.38. The van der Waals surface area contributed by atoms with Crippen molar-refractivity contribution >= 4 is 29.7 Å². The molecule has 1 N–H and O–H groups in total. The van der Waals surface area contributed by atoms with Crippen LogP contribution in [0.5, 0.6) is 0 Å². The minimum atomic E-state index is -0.294. The predicted octanol–water partition coefficient (Wildman–Crippen LogP) is 3.46. The van der Waals surface area contributed by atoms with Crippen molar-refractivity contribution in [2.75, 3.05) is 19.6 Å². The first-order valence-electron chi connectivity index (χ1n) is 8.81. The number of carbonyl (C=O) groups excluding carboxylic acids is 1. The van der Waals surface area contributed by atoms with Gasteiger partial charge in [0.1, 0.15) is 5.82 Å². The summed E-state index contributed by atoms with van der Waals surface area (Å²) < 4.78 is 18.9. The van der Waals surface area contributed by atoms with E-state index in [4.69, 9.17) is 4.52 Å². The predicted molar refractivity (Wildman–Crippen MR) is 107 cm³/mol. The van der Waals surface area contributed by atoms with Crippen molar-refractivity contribution in [1.82, 2.24) is 20.4 Å². The number of nitrogens with zero attached hydrogens (tertiary/aromatic N) is 3. The third-order valence-electron chi connectivity index (χ3n) is 4.60. The molecule has 0 saturated carbocycles. The Labute approximate surface area is 172 Å². The Balaban J connectivity index is 0.00000225. The van der Waals surface area contributed by atoms with Gasteiger partial charge in [-0.1, -0.05) is 17.3 Å². The Morgan fingerprint density at radius 3 is 3.07 bits per heavy atom. The fourth-order valence-electron chi connectivity index (χ4n) is 3.24. The third-order valence-corrected chi connectivity index (χ3v) is 5.28. The van der Waals surface area contributed by atoms with E-state index in [1.165, 1.54) is 12.1 Å². The van der Waals surface area contributed by atoms with Gasteiger partial charge in [0.25, 0.3) is 0 Å². The Morgan fingerprint density at radius 1 is 1.39 bits per heavy atom. The van der Waals surface area contributed by atoms with E-state index in [-0.39, 0.29) is 36.6 Å². The monoisotopic (exact) mass is 422 g/mol. The molecule has 1 atom stereocenters. The Kier molecular flexibility index (Phi) is 6.77. The molecule has 9 heteroatoms. The van der Waals surface area contributed by atoms with Crippen LogP contribution in [-0.2, 0) is 11.2 Å². The summed E-state index contributed by atoms with van der Waals surface area (Å²) in [6, 6.07) is 8.18. The molecule has 1 fully saturated rings. The van der Waals surface area contributed by atoms with Crippen molar-refractivity contribution in [2.24, 2.45) is 0 Å². The number of halogens is 2. The molecule has 1 aromatic carbocycles. The van der Waals surface area contributed by atoms with Gasteiger partial charge in [0, 0.05) is 43.4 Å². The Hall–Kier alpha value is -2.29. The molecule has 6 nitrogen and oxygen atoms in total. The largest absolute Gasteiger partial charge is 0.339 e. The second-order valence-corrected chi connectivity index (χ2v) is 7.17. The van der Waals surface area contributed by atoms with E-state index in [9.17, 15) is 9.18 Å². The van der Waals surface area contributed by atoms with Crippen LogP contribution in [0.1, 0.15) is 23.9 Å². The highest BCUT2D eigenvalue weighted by Gasteiger charge is 2.28. The van der Waals surface area contributed by atoms with E-state index >= 15 is 0 Å². The topological polar surface area (TPSA) is 71.3 Å². The number of benzene rings is 1. The molecule has 148 valence electrons. The number of piperazine rings is 1. The molecule has 3 aromatic rings. The molecule has 4 rings (SSSR count). The van der Waals surface area contributed by atoms with Crippen LogP contribution < -0.4 is 5.32 Å². The lowest BCUT2D eigenvalue weighted by molar-refractivity contribution is -0.134. The standard InChI is InChI=1S/C19H19FN4O2S.ClH/c20-15-3-1-2-13(10-15)16-11-21-7-8-24(16)18(25)5-4-17-22-19(23-26-17)14-6-9-27-12-14;/h1-3,6,9-10,12,16,21H,4-5,7-8,11H2;1H. The molecule has 2 aromatic heterocycles. The molecule has 1 aliphatic rings. The van der Waals surface area contributed by atoms with Crippen molar-refractivity contribution < 1.29 is 13.7 Å². The maximum atomic E-state index is 13.6. The number of aryl methyl sites for hydroxylation is 1. The highest BCUT2D eigenvalue weighted by atomic mass is 35.5. The lowest BCUT2D eigenvalue weighted by Gasteiger charge is -2.36. The molecule has 1 amide bonds. The maximum absolute atomic E-state index is 13.6. The van der Waals surface area contributed by atoms with E-state index < -0.39 is 0 Å². The van der Waals surface area contributed by atoms with Gasteiger partial charge in [-0.05, 0) is 29.1 Å². The number of amides is 1. The van der Waals surface area contributed by atoms with Crippen LogP contribution in [0, 0.1) is 5.82 Å². The van der Waals surface area contributed by atoms with Gasteiger partial charge in [-0.3, -0.25) is 4.79 Å². The van der Waals surface area contributed by atoms with Crippen LogP contribution in [0.3, 0.4) is 0 Å². The molecule has 28 heavy (non-hydrogen) atoms. The van der Waals surface area contributed by atoms with Gasteiger partial charge in [-0.2, -0.15) is 16.3 Å². The lowest BCUT2D eigenvalue weighted by atomic mass is 10.0. The van der Waals surface area contributed by atoms with E-state index in [0.717, 1.165) is 17.7 Å². The van der Waals surface area contributed by atoms with Gasteiger partial charge in [-0.15, -0.1) is 12.4 Å². The fourth-order valence-corrected chi connectivity index (χ4v) is 3.87. The van der Waals surface area contributed by atoms with E-state index in [1.807, 2.05) is 22.9 Å². The van der Waals surface area contributed by atoms with Gasteiger partial charge >= 0.3 is 0 Å². The van der Waals surface area contributed by atoms with Crippen LogP contribution in [0.4, 0.5) is 4.39 Å². The summed E-state index contributed by atoms with van der Waals surface area (Å²) in [6.45, 7) is 1.92. The summed E-state index contributed by atoms with van der Waals surface area (Å²) in [4.78, 5) is 19.0. The summed E-state index contributed by atoms with van der Waals surface area (Å²) in [5.74, 6) is 0.693. The van der Waals surface area contributed by atoms with Crippen LogP contribution >= 0.6 is 23.7 Å². The molecule has 0 spiro atoms. The van der Waals surface area contributed by atoms with Gasteiger partial charge in [0.05, 0.1) is 6.04 Å². The number of hydrogen-bond donors (Lipinski definition) is 1. The average molecular weight is 423 g/mol. The number of nitrogens with one attached hydrogen (secondary N) is 1. The molecule has 1 saturated heterocycles. The highest BCUT2D eigenvalue weighted by Crippen LogP contribution is 2.24. The molecule has 0 radical (unpaired) electrons. The van der Waals surface area contributed by atoms with Gasteiger partial charge < -0.3 is 14.7 Å². The van der Waals surface area contributed by atoms with Gasteiger partial charge in [0.15, 0.2) is 0 Å². The first-order valence-corrected chi connectivity index (χ1v) is 9.76. The minimum absolute atomic E-state index is 0. The quantitative estimate of drug-likeness (QED) is 0.681. The molecular weight excluding hydrogens is 403 g/mol. The molecule has 3 heterocycles. The van der Waals surface area contributed by atoms with Crippen LogP contribution in [0.2, 0.25) is 0 Å². The van der Waals surface area contributed by atoms with Gasteiger partial charge in [-0.25, -0.2) is 4.39 Å². The number of carbonyl (C=O) groups is 1. The summed E-state index contributed by atoms with van der Waals surface area (Å²) in [5, 5.41) is 11.1. The zero-order valence-corrected chi connectivity index (χ0v) is 16.6. The Bertz CT molecular complexity index is 918. The summed E-state index contributed by atoms with van der Waals surface area (Å²) in [5.41, 5.74) is 1.71. The number of aromatic nitrogens is 2. The van der Waals surface area contributed by atoms with Gasteiger partial charge in [0.2, 0.25) is 17.6 Å². The summed E-state index contributed by atoms with van der Waals surface area (Å²) in [6.07, 6.45) is 0.660.